The lowest BCUT2D eigenvalue weighted by Gasteiger charge is -2.39. The normalized spacial score (nSPS) is 24.0. The number of benzene rings is 1. The topological polar surface area (TPSA) is 58.6 Å². The Kier molecular flexibility index (Phi) is 5.77. The highest BCUT2D eigenvalue weighted by atomic mass is 16.5. The lowest BCUT2D eigenvalue weighted by Crippen LogP contribution is -2.50. The fourth-order valence-electron chi connectivity index (χ4n) is 3.29. The fraction of sp³-hybridized carbons (Fsp3) is 0.556. The molecule has 1 N–H and O–H groups in total. The molecule has 1 aliphatic heterocycles. The number of anilines is 1. The Balaban J connectivity index is 2.17. The molecule has 1 aliphatic rings. The molecule has 1 heterocycles. The number of nitrogens with zero attached hydrogens (tertiary/aromatic N) is 1. The summed E-state index contributed by atoms with van der Waals surface area (Å²) in [7, 11) is 3.15. The van der Waals surface area contributed by atoms with E-state index in [1.165, 1.54) is 7.11 Å². The molecule has 2 unspecified atom stereocenters. The summed E-state index contributed by atoms with van der Waals surface area (Å²) in [5, 5.41) is 3.40. The summed E-state index contributed by atoms with van der Waals surface area (Å²) in [5.74, 6) is -0.328. The van der Waals surface area contributed by atoms with Crippen LogP contribution in [0.25, 0.3) is 0 Å². The van der Waals surface area contributed by atoms with Crippen molar-refractivity contribution >= 4 is 17.6 Å². The molecule has 1 fully saturated rings. The van der Waals surface area contributed by atoms with Gasteiger partial charge in [-0.1, -0.05) is 25.1 Å². The molecule has 1 saturated heterocycles. The smallest absolute Gasteiger partial charge is 0.312 e. The van der Waals surface area contributed by atoms with Crippen molar-refractivity contribution in [2.45, 2.75) is 38.6 Å². The van der Waals surface area contributed by atoms with Gasteiger partial charge in [0.2, 0.25) is 5.91 Å². The minimum atomic E-state index is -0.721. The van der Waals surface area contributed by atoms with Crippen LogP contribution in [0.5, 0.6) is 0 Å². The Hall–Kier alpha value is -1.88. The van der Waals surface area contributed by atoms with E-state index in [2.05, 4.69) is 12.2 Å². The molecule has 23 heavy (non-hydrogen) atoms. The highest BCUT2D eigenvalue weighted by Gasteiger charge is 2.45. The van der Waals surface area contributed by atoms with E-state index in [-0.39, 0.29) is 24.3 Å². The summed E-state index contributed by atoms with van der Waals surface area (Å²) in [6, 6.07) is 9.73. The average molecular weight is 318 g/mol. The second-order valence-corrected chi connectivity index (χ2v) is 6.25. The van der Waals surface area contributed by atoms with Crippen LogP contribution in [0.4, 0.5) is 5.69 Å². The first-order valence-electron chi connectivity index (χ1n) is 8.16. The number of hydrogen-bond acceptors (Lipinski definition) is 4. The predicted molar refractivity (Wildman–Crippen MR) is 90.2 cm³/mol. The number of carbonyl (C=O) groups is 2. The number of rotatable bonds is 5. The second-order valence-electron chi connectivity index (χ2n) is 6.25. The Morgan fingerprint density at radius 3 is 2.65 bits per heavy atom. The van der Waals surface area contributed by atoms with Crippen LogP contribution in [-0.4, -0.2) is 38.6 Å². The average Bonchev–Trinajstić information content (AvgIpc) is 2.61. The van der Waals surface area contributed by atoms with Gasteiger partial charge in [0, 0.05) is 25.2 Å². The number of piperidine rings is 1. The van der Waals surface area contributed by atoms with E-state index in [4.69, 9.17) is 4.74 Å². The van der Waals surface area contributed by atoms with Crippen molar-refractivity contribution < 1.29 is 14.3 Å². The minimum Gasteiger partial charge on any atom is -0.469 e. The van der Waals surface area contributed by atoms with E-state index in [1.54, 1.807) is 11.9 Å². The monoisotopic (exact) mass is 318 g/mol. The van der Waals surface area contributed by atoms with E-state index in [0.29, 0.717) is 12.8 Å². The van der Waals surface area contributed by atoms with Gasteiger partial charge in [-0.2, -0.15) is 0 Å². The first-order chi connectivity index (χ1) is 11.0. The van der Waals surface area contributed by atoms with Gasteiger partial charge >= 0.3 is 5.97 Å². The molecule has 0 radical (unpaired) electrons. The molecule has 0 aromatic heterocycles. The number of nitrogens with one attached hydrogen (secondary N) is 1. The molecule has 0 spiro atoms. The van der Waals surface area contributed by atoms with Crippen LogP contribution in [0, 0.1) is 5.41 Å². The third-order valence-electron chi connectivity index (χ3n) is 4.79. The van der Waals surface area contributed by atoms with Crippen LogP contribution in [0.3, 0.4) is 0 Å². The van der Waals surface area contributed by atoms with Crippen molar-refractivity contribution in [3.8, 4) is 0 Å². The van der Waals surface area contributed by atoms with Crippen LogP contribution in [-0.2, 0) is 14.3 Å². The first kappa shape index (κ1) is 17.5. The van der Waals surface area contributed by atoms with Crippen LogP contribution in [0.2, 0.25) is 0 Å². The van der Waals surface area contributed by atoms with Gasteiger partial charge in [-0.3, -0.25) is 9.59 Å². The van der Waals surface area contributed by atoms with Gasteiger partial charge in [-0.25, -0.2) is 0 Å². The molecular weight excluding hydrogens is 292 g/mol. The van der Waals surface area contributed by atoms with Crippen molar-refractivity contribution in [3.05, 3.63) is 30.3 Å². The van der Waals surface area contributed by atoms with Crippen LogP contribution >= 0.6 is 0 Å². The maximum Gasteiger partial charge on any atom is 0.312 e. The van der Waals surface area contributed by atoms with Gasteiger partial charge < -0.3 is 15.0 Å². The highest BCUT2D eigenvalue weighted by molar-refractivity contribution is 5.96. The van der Waals surface area contributed by atoms with Gasteiger partial charge in [-0.05, 0) is 37.9 Å². The van der Waals surface area contributed by atoms with Gasteiger partial charge in [0.1, 0.15) is 0 Å². The molecule has 1 amide bonds. The number of para-hydroxylation sites is 1. The van der Waals surface area contributed by atoms with Crippen LogP contribution < -0.4 is 10.2 Å². The minimum absolute atomic E-state index is 0.0571. The van der Waals surface area contributed by atoms with Crippen LogP contribution in [0.1, 0.15) is 32.6 Å². The van der Waals surface area contributed by atoms with Crippen molar-refractivity contribution in [1.82, 2.24) is 5.32 Å². The Bertz CT molecular complexity index is 546. The molecule has 2 rings (SSSR count). The predicted octanol–water partition coefficient (Wildman–Crippen LogP) is 2.36. The van der Waals surface area contributed by atoms with Crippen molar-refractivity contribution in [3.63, 3.8) is 0 Å². The quantitative estimate of drug-likeness (QED) is 0.847. The largest absolute Gasteiger partial charge is 0.469 e. The summed E-state index contributed by atoms with van der Waals surface area (Å²) < 4.78 is 5.03. The van der Waals surface area contributed by atoms with E-state index in [0.717, 1.165) is 18.7 Å². The number of methoxy groups -OCH3 is 1. The van der Waals surface area contributed by atoms with E-state index < -0.39 is 5.41 Å². The third-order valence-corrected chi connectivity index (χ3v) is 4.79. The lowest BCUT2D eigenvalue weighted by molar-refractivity contribution is -0.157. The summed E-state index contributed by atoms with van der Waals surface area (Å²) in [6.07, 6.45) is 2.39. The molecule has 1 aromatic carbocycles. The summed E-state index contributed by atoms with van der Waals surface area (Å²) in [6.45, 7) is 2.82. The maximum atomic E-state index is 12.7. The second kappa shape index (κ2) is 7.59. The van der Waals surface area contributed by atoms with Gasteiger partial charge in [0.05, 0.1) is 12.5 Å². The maximum absolute atomic E-state index is 12.7. The Morgan fingerprint density at radius 2 is 2.04 bits per heavy atom. The molecule has 126 valence electrons. The van der Waals surface area contributed by atoms with E-state index in [9.17, 15) is 9.59 Å². The molecular formula is C18H26N2O3. The number of carbonyl (C=O) groups excluding carboxylic acids is 2. The summed E-state index contributed by atoms with van der Waals surface area (Å²) in [5.41, 5.74) is 0.111. The zero-order valence-electron chi connectivity index (χ0n) is 14.2. The zero-order valence-corrected chi connectivity index (χ0v) is 14.2. The number of hydrogen-bond donors (Lipinski definition) is 1. The molecule has 1 aromatic rings. The molecule has 0 saturated carbocycles. The Labute approximate surface area is 138 Å². The standard InChI is InChI=1S/C18H26N2O3/c1-4-14-12-18(10-11-19-14,17(22)23-3)13-16(21)20(2)15-8-6-5-7-9-15/h5-9,14,19H,4,10-13H2,1-3H3. The number of amides is 1. The lowest BCUT2D eigenvalue weighted by atomic mass is 9.72. The van der Waals surface area contributed by atoms with Gasteiger partial charge in [0.25, 0.3) is 0 Å². The highest BCUT2D eigenvalue weighted by Crippen LogP contribution is 2.38. The van der Waals surface area contributed by atoms with Crippen molar-refractivity contribution in [1.29, 1.82) is 0 Å². The number of esters is 1. The van der Waals surface area contributed by atoms with Gasteiger partial charge in [-0.15, -0.1) is 0 Å². The molecule has 0 aliphatic carbocycles. The third kappa shape index (κ3) is 3.91. The molecule has 5 heteroatoms. The molecule has 0 bridgehead atoms. The van der Waals surface area contributed by atoms with Crippen molar-refractivity contribution in [2.75, 3.05) is 25.6 Å². The fourth-order valence-corrected chi connectivity index (χ4v) is 3.29. The summed E-state index contributed by atoms with van der Waals surface area (Å²) in [4.78, 5) is 26.8. The first-order valence-corrected chi connectivity index (χ1v) is 8.16. The SMILES string of the molecule is CCC1CC(CC(=O)N(C)c2ccccc2)(C(=O)OC)CCN1. The summed E-state index contributed by atoms with van der Waals surface area (Å²) >= 11 is 0. The Morgan fingerprint density at radius 1 is 1.35 bits per heavy atom. The number of ether oxygens (including phenoxy) is 1. The van der Waals surface area contributed by atoms with Crippen LogP contribution in [0.15, 0.2) is 30.3 Å². The molecule has 5 nitrogen and oxygen atoms in total. The van der Waals surface area contributed by atoms with Crippen molar-refractivity contribution in [2.24, 2.45) is 5.41 Å². The van der Waals surface area contributed by atoms with E-state index >= 15 is 0 Å². The molecule has 2 atom stereocenters. The van der Waals surface area contributed by atoms with E-state index in [1.807, 2.05) is 30.3 Å². The van der Waals surface area contributed by atoms with Gasteiger partial charge in [0.15, 0.2) is 0 Å². The zero-order chi connectivity index (χ0) is 16.9.